The summed E-state index contributed by atoms with van der Waals surface area (Å²) in [5.74, 6) is 0. The molecule has 64 valence electrons. The van der Waals surface area contributed by atoms with Crippen LogP contribution in [0.4, 0.5) is 0 Å². The molecule has 1 rings (SSSR count). The minimum absolute atomic E-state index is 0.491. The summed E-state index contributed by atoms with van der Waals surface area (Å²) < 4.78 is 0. The second kappa shape index (κ2) is 3.94. The van der Waals surface area contributed by atoms with Gasteiger partial charge in [-0.2, -0.15) is 0 Å². The molecule has 0 aromatic heterocycles. The van der Waals surface area contributed by atoms with Gasteiger partial charge in [-0.05, 0) is 23.5 Å². The molecular formula is C8H10BClO2. The molecule has 0 fully saturated rings. The van der Waals surface area contributed by atoms with E-state index in [-0.39, 0.29) is 0 Å². The Labute approximate surface area is 76.9 Å². The van der Waals surface area contributed by atoms with Crippen LogP contribution in [0.25, 0.3) is 0 Å². The minimum Gasteiger partial charge on any atom is -0.423 e. The van der Waals surface area contributed by atoms with Crippen molar-refractivity contribution < 1.29 is 10.0 Å². The van der Waals surface area contributed by atoms with Crippen LogP contribution in [0, 0.1) is 0 Å². The fourth-order valence-corrected chi connectivity index (χ4v) is 1.51. The van der Waals surface area contributed by atoms with Crippen molar-refractivity contribution in [2.45, 2.75) is 13.3 Å². The van der Waals surface area contributed by atoms with Gasteiger partial charge in [-0.1, -0.05) is 30.7 Å². The molecule has 0 unspecified atom stereocenters. The van der Waals surface area contributed by atoms with Crippen LogP contribution in [-0.2, 0) is 6.42 Å². The molecule has 2 nitrogen and oxygen atoms in total. The van der Waals surface area contributed by atoms with Gasteiger partial charge < -0.3 is 10.0 Å². The zero-order valence-corrected chi connectivity index (χ0v) is 7.54. The van der Waals surface area contributed by atoms with Crippen LogP contribution in [-0.4, -0.2) is 17.2 Å². The molecule has 0 aliphatic heterocycles. The summed E-state index contributed by atoms with van der Waals surface area (Å²) >= 11 is 5.85. The van der Waals surface area contributed by atoms with E-state index in [0.717, 1.165) is 5.56 Å². The van der Waals surface area contributed by atoms with Crippen molar-refractivity contribution in [1.29, 1.82) is 0 Å². The van der Waals surface area contributed by atoms with Crippen molar-refractivity contribution >= 4 is 24.2 Å². The van der Waals surface area contributed by atoms with E-state index >= 15 is 0 Å². The second-order valence-electron chi connectivity index (χ2n) is 2.53. The summed E-state index contributed by atoms with van der Waals surface area (Å²) in [5, 5.41) is 18.5. The zero-order valence-electron chi connectivity index (χ0n) is 6.79. The van der Waals surface area contributed by atoms with Crippen molar-refractivity contribution in [3.63, 3.8) is 0 Å². The van der Waals surface area contributed by atoms with E-state index in [9.17, 15) is 0 Å². The van der Waals surface area contributed by atoms with Crippen LogP contribution in [0.15, 0.2) is 18.2 Å². The molecule has 0 bridgehead atoms. The molecule has 0 spiro atoms. The minimum atomic E-state index is -1.43. The quantitative estimate of drug-likeness (QED) is 0.660. The first-order valence-electron chi connectivity index (χ1n) is 3.80. The second-order valence-corrected chi connectivity index (χ2v) is 2.94. The van der Waals surface area contributed by atoms with Crippen molar-refractivity contribution in [3.05, 3.63) is 28.8 Å². The summed E-state index contributed by atoms with van der Waals surface area (Å²) in [6.07, 6.45) is 0.701. The lowest BCUT2D eigenvalue weighted by Gasteiger charge is -2.07. The van der Waals surface area contributed by atoms with E-state index in [1.54, 1.807) is 18.2 Å². The molecule has 0 saturated carbocycles. The molecular weight excluding hydrogens is 174 g/mol. The molecule has 12 heavy (non-hydrogen) atoms. The van der Waals surface area contributed by atoms with E-state index < -0.39 is 7.12 Å². The molecule has 1 aromatic rings. The normalized spacial score (nSPS) is 10.0. The number of hydrogen-bond acceptors (Lipinski definition) is 2. The lowest BCUT2D eigenvalue weighted by molar-refractivity contribution is 0.425. The lowest BCUT2D eigenvalue weighted by Crippen LogP contribution is -2.32. The van der Waals surface area contributed by atoms with E-state index in [0.29, 0.717) is 16.9 Å². The van der Waals surface area contributed by atoms with Crippen molar-refractivity contribution in [1.82, 2.24) is 0 Å². The Bertz CT molecular complexity index is 276. The topological polar surface area (TPSA) is 40.5 Å². The Kier molecular flexibility index (Phi) is 3.15. The van der Waals surface area contributed by atoms with Gasteiger partial charge in [0.15, 0.2) is 0 Å². The predicted octanol–water partition coefficient (Wildman–Crippen LogP) is 0.582. The van der Waals surface area contributed by atoms with Crippen molar-refractivity contribution in [3.8, 4) is 0 Å². The van der Waals surface area contributed by atoms with E-state index in [2.05, 4.69) is 0 Å². The highest BCUT2D eigenvalue weighted by Crippen LogP contribution is 2.13. The fourth-order valence-electron chi connectivity index (χ4n) is 1.19. The van der Waals surface area contributed by atoms with Crippen molar-refractivity contribution in [2.24, 2.45) is 0 Å². The largest absolute Gasteiger partial charge is 0.488 e. The van der Waals surface area contributed by atoms with Gasteiger partial charge in [0, 0.05) is 5.02 Å². The third-order valence-corrected chi connectivity index (χ3v) is 2.14. The van der Waals surface area contributed by atoms with Crippen LogP contribution >= 0.6 is 11.6 Å². The Morgan fingerprint density at radius 1 is 1.42 bits per heavy atom. The summed E-state index contributed by atoms with van der Waals surface area (Å²) in [6.45, 7) is 1.92. The number of rotatable bonds is 2. The van der Waals surface area contributed by atoms with Gasteiger partial charge in [-0.3, -0.25) is 0 Å². The van der Waals surface area contributed by atoms with Crippen LogP contribution in [0.5, 0.6) is 0 Å². The van der Waals surface area contributed by atoms with Crippen LogP contribution in [0.3, 0.4) is 0 Å². The number of halogens is 1. The monoisotopic (exact) mass is 184 g/mol. The molecule has 0 radical (unpaired) electrons. The van der Waals surface area contributed by atoms with Gasteiger partial charge in [-0.25, -0.2) is 0 Å². The average molecular weight is 184 g/mol. The molecule has 0 aliphatic carbocycles. The van der Waals surface area contributed by atoms with Gasteiger partial charge in [0.2, 0.25) is 0 Å². The van der Waals surface area contributed by atoms with E-state index in [1.165, 1.54) is 0 Å². The number of benzene rings is 1. The maximum absolute atomic E-state index is 8.96. The Balaban J connectivity index is 3.18. The maximum atomic E-state index is 8.96. The maximum Gasteiger partial charge on any atom is 0.488 e. The molecule has 4 heteroatoms. The smallest absolute Gasteiger partial charge is 0.423 e. The summed E-state index contributed by atoms with van der Waals surface area (Å²) in [7, 11) is -1.43. The predicted molar refractivity (Wildman–Crippen MR) is 50.7 cm³/mol. The molecule has 0 aliphatic rings. The molecule has 0 atom stereocenters. The standard InChI is InChI=1S/C8H10BClO2/c1-2-6-7(9(11)12)4-3-5-8(6)10/h3-5,11-12H,2H2,1H3. The van der Waals surface area contributed by atoms with Gasteiger partial charge in [-0.15, -0.1) is 0 Å². The Hall–Kier alpha value is -0.505. The van der Waals surface area contributed by atoms with Crippen LogP contribution in [0.1, 0.15) is 12.5 Å². The first kappa shape index (κ1) is 9.58. The average Bonchev–Trinajstić information content (AvgIpc) is 2.03. The molecule has 0 heterocycles. The fraction of sp³-hybridized carbons (Fsp3) is 0.250. The Morgan fingerprint density at radius 3 is 2.50 bits per heavy atom. The zero-order chi connectivity index (χ0) is 9.14. The van der Waals surface area contributed by atoms with Crippen LogP contribution in [0.2, 0.25) is 5.02 Å². The highest BCUT2D eigenvalue weighted by Gasteiger charge is 2.16. The first-order chi connectivity index (χ1) is 5.66. The highest BCUT2D eigenvalue weighted by atomic mass is 35.5. The number of hydrogen-bond donors (Lipinski definition) is 2. The van der Waals surface area contributed by atoms with Gasteiger partial charge >= 0.3 is 7.12 Å². The van der Waals surface area contributed by atoms with Gasteiger partial charge in [0.25, 0.3) is 0 Å². The molecule has 1 aromatic carbocycles. The summed E-state index contributed by atoms with van der Waals surface area (Å²) in [6, 6.07) is 5.11. The highest BCUT2D eigenvalue weighted by molar-refractivity contribution is 6.59. The summed E-state index contributed by atoms with van der Waals surface area (Å²) in [5.41, 5.74) is 1.29. The molecule has 2 N–H and O–H groups in total. The molecule has 0 amide bonds. The SMILES string of the molecule is CCc1c(Cl)cccc1B(O)O. The lowest BCUT2D eigenvalue weighted by atomic mass is 9.76. The van der Waals surface area contributed by atoms with Crippen LogP contribution < -0.4 is 5.46 Å². The van der Waals surface area contributed by atoms with E-state index in [1.807, 2.05) is 6.92 Å². The summed E-state index contributed by atoms with van der Waals surface area (Å²) in [4.78, 5) is 0. The third-order valence-electron chi connectivity index (χ3n) is 1.79. The first-order valence-corrected chi connectivity index (χ1v) is 4.18. The Morgan fingerprint density at radius 2 is 2.08 bits per heavy atom. The van der Waals surface area contributed by atoms with E-state index in [4.69, 9.17) is 21.6 Å². The molecule has 0 saturated heterocycles. The third kappa shape index (κ3) is 1.80. The van der Waals surface area contributed by atoms with Crippen molar-refractivity contribution in [2.75, 3.05) is 0 Å². The van der Waals surface area contributed by atoms with Gasteiger partial charge in [0.05, 0.1) is 0 Å². The van der Waals surface area contributed by atoms with Gasteiger partial charge in [0.1, 0.15) is 0 Å².